The van der Waals surface area contributed by atoms with E-state index >= 15 is 0 Å². The SMILES string of the molecule is CCN1CCC(CCc2ccc(-c3ccc(C(F)(F)F)cc3)cc2)CC1. The number of alkyl halides is 3. The van der Waals surface area contributed by atoms with E-state index in [1.54, 1.807) is 12.1 Å². The topological polar surface area (TPSA) is 3.24 Å². The molecular formula is C22H26F3N. The average Bonchev–Trinajstić information content (AvgIpc) is 2.66. The summed E-state index contributed by atoms with van der Waals surface area (Å²) in [6.07, 6.45) is 0.589. The lowest BCUT2D eigenvalue weighted by Gasteiger charge is -2.31. The van der Waals surface area contributed by atoms with Gasteiger partial charge < -0.3 is 4.90 Å². The minimum absolute atomic E-state index is 0.605. The maximum atomic E-state index is 12.7. The Hall–Kier alpha value is -1.81. The largest absolute Gasteiger partial charge is 0.416 e. The molecule has 0 saturated carbocycles. The van der Waals surface area contributed by atoms with Gasteiger partial charge in [0.15, 0.2) is 0 Å². The number of hydrogen-bond acceptors (Lipinski definition) is 1. The molecule has 0 radical (unpaired) electrons. The van der Waals surface area contributed by atoms with Crippen LogP contribution in [0.5, 0.6) is 0 Å². The highest BCUT2D eigenvalue weighted by atomic mass is 19.4. The second-order valence-corrected chi connectivity index (χ2v) is 7.19. The van der Waals surface area contributed by atoms with Crippen molar-refractivity contribution in [2.24, 2.45) is 5.92 Å². The van der Waals surface area contributed by atoms with Crippen molar-refractivity contribution in [1.29, 1.82) is 0 Å². The number of halogens is 3. The summed E-state index contributed by atoms with van der Waals surface area (Å²) in [5.41, 5.74) is 2.47. The van der Waals surface area contributed by atoms with Gasteiger partial charge in [0.25, 0.3) is 0 Å². The highest BCUT2D eigenvalue weighted by Gasteiger charge is 2.29. The molecule has 0 bridgehead atoms. The summed E-state index contributed by atoms with van der Waals surface area (Å²) in [6.45, 7) is 5.80. The molecule has 4 heteroatoms. The Kier molecular flexibility index (Phi) is 6.02. The minimum Gasteiger partial charge on any atom is -0.304 e. The number of piperidine rings is 1. The Morgan fingerprint density at radius 3 is 1.92 bits per heavy atom. The first-order valence-electron chi connectivity index (χ1n) is 9.44. The Labute approximate surface area is 153 Å². The number of hydrogen-bond donors (Lipinski definition) is 0. The van der Waals surface area contributed by atoms with E-state index in [1.165, 1.54) is 37.9 Å². The van der Waals surface area contributed by atoms with Gasteiger partial charge in [0.2, 0.25) is 0 Å². The second-order valence-electron chi connectivity index (χ2n) is 7.19. The molecule has 0 atom stereocenters. The van der Waals surface area contributed by atoms with Crippen molar-refractivity contribution in [2.75, 3.05) is 19.6 Å². The molecule has 0 unspecified atom stereocenters. The van der Waals surface area contributed by atoms with Crippen LogP contribution in [0.1, 0.15) is 37.3 Å². The standard InChI is InChI=1S/C22H26F3N/c1-2-26-15-13-18(14-16-26)4-3-17-5-7-19(8-6-17)20-9-11-21(12-10-20)22(23,24)25/h5-12,18H,2-4,13-16H2,1H3. The first-order valence-corrected chi connectivity index (χ1v) is 9.44. The smallest absolute Gasteiger partial charge is 0.304 e. The number of aryl methyl sites for hydroxylation is 1. The maximum Gasteiger partial charge on any atom is 0.416 e. The van der Waals surface area contributed by atoms with Crippen LogP contribution < -0.4 is 0 Å². The molecule has 1 nitrogen and oxygen atoms in total. The predicted molar refractivity (Wildman–Crippen MR) is 100 cm³/mol. The molecule has 2 aromatic rings. The fourth-order valence-electron chi connectivity index (χ4n) is 3.68. The average molecular weight is 361 g/mol. The molecule has 1 aliphatic rings. The highest BCUT2D eigenvalue weighted by Crippen LogP contribution is 2.31. The highest BCUT2D eigenvalue weighted by molar-refractivity contribution is 5.64. The zero-order valence-electron chi connectivity index (χ0n) is 15.2. The van der Waals surface area contributed by atoms with Gasteiger partial charge in [0.1, 0.15) is 0 Å². The van der Waals surface area contributed by atoms with Crippen LogP contribution >= 0.6 is 0 Å². The molecule has 2 aromatic carbocycles. The predicted octanol–water partition coefficient (Wildman–Crippen LogP) is 6.04. The van der Waals surface area contributed by atoms with E-state index in [9.17, 15) is 13.2 Å². The van der Waals surface area contributed by atoms with E-state index in [0.29, 0.717) is 0 Å². The third kappa shape index (κ3) is 4.88. The summed E-state index contributed by atoms with van der Waals surface area (Å²) in [4.78, 5) is 2.51. The van der Waals surface area contributed by atoms with E-state index in [0.717, 1.165) is 42.1 Å². The van der Waals surface area contributed by atoms with Gasteiger partial charge in [-0.3, -0.25) is 0 Å². The molecule has 0 spiro atoms. The van der Waals surface area contributed by atoms with E-state index < -0.39 is 11.7 Å². The van der Waals surface area contributed by atoms with E-state index in [2.05, 4.69) is 24.0 Å². The molecular weight excluding hydrogens is 335 g/mol. The van der Waals surface area contributed by atoms with Crippen LogP contribution in [0, 0.1) is 5.92 Å². The lowest BCUT2D eigenvalue weighted by atomic mass is 9.90. The summed E-state index contributed by atoms with van der Waals surface area (Å²) in [5.74, 6) is 0.812. The van der Waals surface area contributed by atoms with Gasteiger partial charge in [-0.05, 0) is 80.1 Å². The molecule has 1 saturated heterocycles. The molecule has 0 aromatic heterocycles. The summed E-state index contributed by atoms with van der Waals surface area (Å²) in [6, 6.07) is 13.6. The third-order valence-corrected chi connectivity index (χ3v) is 5.50. The Morgan fingerprint density at radius 1 is 0.885 bits per heavy atom. The molecule has 1 heterocycles. The van der Waals surface area contributed by atoms with Crippen LogP contribution in [-0.4, -0.2) is 24.5 Å². The van der Waals surface area contributed by atoms with Gasteiger partial charge in [0, 0.05) is 0 Å². The lowest BCUT2D eigenvalue weighted by Crippen LogP contribution is -2.33. The van der Waals surface area contributed by atoms with Gasteiger partial charge >= 0.3 is 6.18 Å². The molecule has 0 amide bonds. The Balaban J connectivity index is 1.55. The first kappa shape index (κ1) is 19.0. The zero-order valence-corrected chi connectivity index (χ0v) is 15.2. The fourth-order valence-corrected chi connectivity index (χ4v) is 3.68. The quantitative estimate of drug-likeness (QED) is 0.628. The number of benzene rings is 2. The number of nitrogens with zero attached hydrogens (tertiary/aromatic N) is 1. The summed E-state index contributed by atoms with van der Waals surface area (Å²) in [5, 5.41) is 0. The zero-order chi connectivity index (χ0) is 18.6. The van der Waals surface area contributed by atoms with Gasteiger partial charge in [-0.1, -0.05) is 43.3 Å². The normalized spacial score (nSPS) is 16.8. The molecule has 26 heavy (non-hydrogen) atoms. The van der Waals surface area contributed by atoms with Crippen LogP contribution in [-0.2, 0) is 12.6 Å². The van der Waals surface area contributed by atoms with Crippen molar-refractivity contribution >= 4 is 0 Å². The monoisotopic (exact) mass is 361 g/mol. The molecule has 1 fully saturated rings. The van der Waals surface area contributed by atoms with Gasteiger partial charge in [-0.15, -0.1) is 0 Å². The van der Waals surface area contributed by atoms with Gasteiger partial charge in [-0.25, -0.2) is 0 Å². The Morgan fingerprint density at radius 2 is 1.42 bits per heavy atom. The summed E-state index contributed by atoms with van der Waals surface area (Å²) < 4.78 is 38.0. The summed E-state index contributed by atoms with van der Waals surface area (Å²) >= 11 is 0. The molecule has 0 aliphatic carbocycles. The van der Waals surface area contributed by atoms with Crippen LogP contribution in [0.3, 0.4) is 0 Å². The van der Waals surface area contributed by atoms with E-state index in [4.69, 9.17) is 0 Å². The molecule has 140 valence electrons. The van der Waals surface area contributed by atoms with Crippen LogP contribution in [0.2, 0.25) is 0 Å². The minimum atomic E-state index is -4.28. The van der Waals surface area contributed by atoms with Crippen LogP contribution in [0.25, 0.3) is 11.1 Å². The van der Waals surface area contributed by atoms with E-state index in [1.807, 2.05) is 12.1 Å². The van der Waals surface area contributed by atoms with Crippen LogP contribution in [0.15, 0.2) is 48.5 Å². The van der Waals surface area contributed by atoms with Crippen molar-refractivity contribution in [2.45, 2.75) is 38.8 Å². The molecule has 0 N–H and O–H groups in total. The lowest BCUT2D eigenvalue weighted by molar-refractivity contribution is -0.137. The van der Waals surface area contributed by atoms with Crippen molar-refractivity contribution in [3.8, 4) is 11.1 Å². The number of rotatable bonds is 5. The van der Waals surface area contributed by atoms with Gasteiger partial charge in [0.05, 0.1) is 5.56 Å². The van der Waals surface area contributed by atoms with Crippen molar-refractivity contribution in [3.05, 3.63) is 59.7 Å². The van der Waals surface area contributed by atoms with Crippen molar-refractivity contribution in [3.63, 3.8) is 0 Å². The molecule has 3 rings (SSSR count). The van der Waals surface area contributed by atoms with Crippen LogP contribution in [0.4, 0.5) is 13.2 Å². The second kappa shape index (κ2) is 8.26. The van der Waals surface area contributed by atoms with Crippen molar-refractivity contribution in [1.82, 2.24) is 4.90 Å². The van der Waals surface area contributed by atoms with E-state index in [-0.39, 0.29) is 0 Å². The van der Waals surface area contributed by atoms with Crippen molar-refractivity contribution < 1.29 is 13.2 Å². The maximum absolute atomic E-state index is 12.7. The Bertz CT molecular complexity index is 681. The van der Waals surface area contributed by atoms with Gasteiger partial charge in [-0.2, -0.15) is 13.2 Å². The number of likely N-dealkylation sites (tertiary alicyclic amines) is 1. The summed E-state index contributed by atoms with van der Waals surface area (Å²) in [7, 11) is 0. The molecule has 1 aliphatic heterocycles. The fraction of sp³-hybridized carbons (Fsp3) is 0.455. The third-order valence-electron chi connectivity index (χ3n) is 5.50. The first-order chi connectivity index (χ1) is 12.5.